The number of carbonyl (C=O) groups excluding carboxylic acids is 1. The topological polar surface area (TPSA) is 42.2 Å². The Hall–Kier alpha value is -1.69. The predicted octanol–water partition coefficient (Wildman–Crippen LogP) is 0.951. The molecular formula is C9H9NO2. The number of furan rings is 1. The van der Waals surface area contributed by atoms with Crippen LogP contribution < -0.4 is 5.32 Å². The van der Waals surface area contributed by atoms with E-state index in [1.165, 1.54) is 6.26 Å². The molecule has 0 aliphatic heterocycles. The fourth-order valence-electron chi connectivity index (χ4n) is 0.847. The van der Waals surface area contributed by atoms with Gasteiger partial charge < -0.3 is 9.73 Å². The van der Waals surface area contributed by atoms with Crippen molar-refractivity contribution in [3.05, 3.63) is 23.7 Å². The molecule has 1 rings (SSSR count). The zero-order valence-corrected chi connectivity index (χ0v) is 6.76. The Morgan fingerprint density at radius 1 is 1.83 bits per heavy atom. The van der Waals surface area contributed by atoms with Crippen LogP contribution in [0.15, 0.2) is 16.7 Å². The van der Waals surface area contributed by atoms with E-state index in [-0.39, 0.29) is 12.5 Å². The van der Waals surface area contributed by atoms with Crippen LogP contribution >= 0.6 is 0 Å². The lowest BCUT2D eigenvalue weighted by atomic mass is 10.2. The second-order valence-corrected chi connectivity index (χ2v) is 2.28. The van der Waals surface area contributed by atoms with Crippen molar-refractivity contribution in [3.8, 4) is 12.3 Å². The largest absolute Gasteiger partial charge is 0.469 e. The normalized spacial score (nSPS) is 9.00. The lowest BCUT2D eigenvalue weighted by molar-refractivity contribution is 0.0957. The zero-order chi connectivity index (χ0) is 8.97. The van der Waals surface area contributed by atoms with Gasteiger partial charge in [-0.3, -0.25) is 4.79 Å². The second kappa shape index (κ2) is 3.63. The van der Waals surface area contributed by atoms with Gasteiger partial charge in [-0.25, -0.2) is 0 Å². The molecule has 0 aromatic carbocycles. The summed E-state index contributed by atoms with van der Waals surface area (Å²) in [6.45, 7) is 1.97. The summed E-state index contributed by atoms with van der Waals surface area (Å²) in [4.78, 5) is 11.2. The Bertz CT molecular complexity index is 320. The van der Waals surface area contributed by atoms with E-state index < -0.39 is 0 Å². The Labute approximate surface area is 70.8 Å². The highest BCUT2D eigenvalue weighted by Crippen LogP contribution is 2.07. The van der Waals surface area contributed by atoms with Crippen LogP contribution in [0.2, 0.25) is 0 Å². The molecule has 0 radical (unpaired) electrons. The van der Waals surface area contributed by atoms with Crippen LogP contribution in [0.3, 0.4) is 0 Å². The molecule has 1 heterocycles. The van der Waals surface area contributed by atoms with Crippen molar-refractivity contribution in [1.82, 2.24) is 5.32 Å². The minimum Gasteiger partial charge on any atom is -0.469 e. The molecule has 12 heavy (non-hydrogen) atoms. The minimum atomic E-state index is -0.195. The molecule has 1 N–H and O–H groups in total. The van der Waals surface area contributed by atoms with Gasteiger partial charge in [-0.2, -0.15) is 0 Å². The summed E-state index contributed by atoms with van der Waals surface area (Å²) < 4.78 is 4.95. The standard InChI is InChI=1S/C9H9NO2/c1-3-5-10-9(11)8-4-6-12-7(8)2/h1,4,6H,5H2,2H3,(H,10,11). The van der Waals surface area contributed by atoms with Crippen LogP contribution in [0, 0.1) is 19.3 Å². The summed E-state index contributed by atoms with van der Waals surface area (Å²) in [6, 6.07) is 1.61. The van der Waals surface area contributed by atoms with Gasteiger partial charge in [0.05, 0.1) is 18.4 Å². The smallest absolute Gasteiger partial charge is 0.255 e. The lowest BCUT2D eigenvalue weighted by Crippen LogP contribution is -2.23. The molecule has 3 heteroatoms. The average molecular weight is 163 g/mol. The summed E-state index contributed by atoms with van der Waals surface area (Å²) in [5.74, 6) is 2.72. The maximum atomic E-state index is 11.2. The van der Waals surface area contributed by atoms with Gasteiger partial charge in [0.25, 0.3) is 5.91 Å². The summed E-state index contributed by atoms with van der Waals surface area (Å²) in [7, 11) is 0. The first-order valence-electron chi connectivity index (χ1n) is 3.51. The SMILES string of the molecule is C#CCNC(=O)c1ccoc1C. The van der Waals surface area contributed by atoms with E-state index in [0.29, 0.717) is 11.3 Å². The van der Waals surface area contributed by atoms with Gasteiger partial charge in [0.15, 0.2) is 0 Å². The molecule has 0 aliphatic carbocycles. The van der Waals surface area contributed by atoms with Crippen molar-refractivity contribution in [1.29, 1.82) is 0 Å². The van der Waals surface area contributed by atoms with Crippen molar-refractivity contribution < 1.29 is 9.21 Å². The first-order valence-corrected chi connectivity index (χ1v) is 3.51. The van der Waals surface area contributed by atoms with Crippen LogP contribution in [0.4, 0.5) is 0 Å². The van der Waals surface area contributed by atoms with Gasteiger partial charge in [-0.15, -0.1) is 6.42 Å². The Kier molecular flexibility index (Phi) is 2.54. The monoisotopic (exact) mass is 163 g/mol. The summed E-state index contributed by atoms with van der Waals surface area (Å²) in [6.07, 6.45) is 6.45. The summed E-state index contributed by atoms with van der Waals surface area (Å²) in [5, 5.41) is 2.54. The maximum Gasteiger partial charge on any atom is 0.255 e. The van der Waals surface area contributed by atoms with Crippen LogP contribution in [-0.4, -0.2) is 12.5 Å². The number of hydrogen-bond donors (Lipinski definition) is 1. The molecule has 0 unspecified atom stereocenters. The van der Waals surface area contributed by atoms with Crippen molar-refractivity contribution in [2.24, 2.45) is 0 Å². The summed E-state index contributed by atoms with van der Waals surface area (Å²) in [5.41, 5.74) is 0.533. The minimum absolute atomic E-state index is 0.195. The van der Waals surface area contributed by atoms with Gasteiger partial charge in [0, 0.05) is 0 Å². The Morgan fingerprint density at radius 3 is 3.08 bits per heavy atom. The molecular weight excluding hydrogens is 154 g/mol. The van der Waals surface area contributed by atoms with E-state index in [4.69, 9.17) is 10.8 Å². The van der Waals surface area contributed by atoms with Crippen LogP contribution in [0.1, 0.15) is 16.1 Å². The molecule has 62 valence electrons. The Morgan fingerprint density at radius 2 is 2.58 bits per heavy atom. The van der Waals surface area contributed by atoms with Gasteiger partial charge in [0.2, 0.25) is 0 Å². The third-order valence-electron chi connectivity index (χ3n) is 1.45. The van der Waals surface area contributed by atoms with Gasteiger partial charge in [-0.05, 0) is 13.0 Å². The summed E-state index contributed by atoms with van der Waals surface area (Å²) >= 11 is 0. The quantitative estimate of drug-likeness (QED) is 0.659. The third kappa shape index (κ3) is 1.67. The van der Waals surface area contributed by atoms with Crippen molar-refractivity contribution in [3.63, 3.8) is 0 Å². The number of hydrogen-bond acceptors (Lipinski definition) is 2. The predicted molar refractivity (Wildman–Crippen MR) is 44.6 cm³/mol. The first kappa shape index (κ1) is 8.41. The Balaban J connectivity index is 2.67. The number of nitrogens with one attached hydrogen (secondary N) is 1. The second-order valence-electron chi connectivity index (χ2n) is 2.28. The van der Waals surface area contributed by atoms with E-state index >= 15 is 0 Å². The highest BCUT2D eigenvalue weighted by molar-refractivity contribution is 5.95. The highest BCUT2D eigenvalue weighted by atomic mass is 16.3. The molecule has 0 saturated heterocycles. The molecule has 0 fully saturated rings. The number of aryl methyl sites for hydroxylation is 1. The van der Waals surface area contributed by atoms with Crippen molar-refractivity contribution in [2.45, 2.75) is 6.92 Å². The van der Waals surface area contributed by atoms with Crippen LogP contribution in [0.25, 0.3) is 0 Å². The highest BCUT2D eigenvalue weighted by Gasteiger charge is 2.09. The number of terminal acetylenes is 1. The van der Waals surface area contributed by atoms with Crippen molar-refractivity contribution >= 4 is 5.91 Å². The zero-order valence-electron chi connectivity index (χ0n) is 6.76. The maximum absolute atomic E-state index is 11.2. The fourth-order valence-corrected chi connectivity index (χ4v) is 0.847. The molecule has 0 atom stereocenters. The molecule has 1 aromatic rings. The molecule has 0 spiro atoms. The number of rotatable bonds is 2. The molecule has 3 nitrogen and oxygen atoms in total. The first-order chi connectivity index (χ1) is 5.75. The van der Waals surface area contributed by atoms with E-state index in [2.05, 4.69) is 11.2 Å². The average Bonchev–Trinajstić information content (AvgIpc) is 2.47. The number of amides is 1. The molecule has 1 amide bonds. The van der Waals surface area contributed by atoms with E-state index in [0.717, 1.165) is 0 Å². The van der Waals surface area contributed by atoms with Crippen molar-refractivity contribution in [2.75, 3.05) is 6.54 Å². The third-order valence-corrected chi connectivity index (χ3v) is 1.45. The van der Waals surface area contributed by atoms with Gasteiger partial charge >= 0.3 is 0 Å². The molecule has 1 aromatic heterocycles. The number of carbonyl (C=O) groups is 1. The van der Waals surface area contributed by atoms with Gasteiger partial charge in [-0.1, -0.05) is 5.92 Å². The van der Waals surface area contributed by atoms with Gasteiger partial charge in [0.1, 0.15) is 5.76 Å². The van der Waals surface area contributed by atoms with Crippen LogP contribution in [0.5, 0.6) is 0 Å². The molecule has 0 saturated carbocycles. The molecule has 0 bridgehead atoms. The van der Waals surface area contributed by atoms with E-state index in [9.17, 15) is 4.79 Å². The fraction of sp³-hybridized carbons (Fsp3) is 0.222. The van der Waals surface area contributed by atoms with E-state index in [1.54, 1.807) is 13.0 Å². The van der Waals surface area contributed by atoms with E-state index in [1.807, 2.05) is 0 Å². The van der Waals surface area contributed by atoms with Crippen LogP contribution in [-0.2, 0) is 0 Å². The lowest BCUT2D eigenvalue weighted by Gasteiger charge is -1.97. The molecule has 0 aliphatic rings.